The van der Waals surface area contributed by atoms with Crippen LogP contribution < -0.4 is 5.32 Å². The summed E-state index contributed by atoms with van der Waals surface area (Å²) in [6, 6.07) is 6.25. The zero-order valence-corrected chi connectivity index (χ0v) is 11.0. The van der Waals surface area contributed by atoms with Crippen molar-refractivity contribution in [3.63, 3.8) is 0 Å². The van der Waals surface area contributed by atoms with E-state index >= 15 is 0 Å². The molecule has 96 valence electrons. The fourth-order valence-electron chi connectivity index (χ4n) is 3.36. The second kappa shape index (κ2) is 4.85. The third-order valence-electron chi connectivity index (χ3n) is 4.43. The monoisotopic (exact) mass is 243 g/mol. The molecule has 2 nitrogen and oxygen atoms in total. The van der Waals surface area contributed by atoms with Crippen LogP contribution in [0.1, 0.15) is 54.1 Å². The van der Waals surface area contributed by atoms with Crippen molar-refractivity contribution >= 4 is 5.78 Å². The van der Waals surface area contributed by atoms with E-state index in [-0.39, 0.29) is 5.92 Å². The number of hydrogen-bond acceptors (Lipinski definition) is 2. The first-order chi connectivity index (χ1) is 8.74. The number of carbonyl (C=O) groups is 1. The third-order valence-corrected chi connectivity index (χ3v) is 4.43. The molecule has 2 unspecified atom stereocenters. The van der Waals surface area contributed by atoms with E-state index in [4.69, 9.17) is 0 Å². The lowest BCUT2D eigenvalue weighted by atomic mass is 9.78. The number of rotatable bonds is 2. The zero-order valence-electron chi connectivity index (χ0n) is 11.0. The van der Waals surface area contributed by atoms with Crippen LogP contribution in [0.3, 0.4) is 0 Å². The molecular formula is C16H21NO. The van der Waals surface area contributed by atoms with Crippen molar-refractivity contribution in [1.29, 1.82) is 0 Å². The molecule has 1 saturated carbocycles. The summed E-state index contributed by atoms with van der Waals surface area (Å²) in [7, 11) is 0. The van der Waals surface area contributed by atoms with Crippen molar-refractivity contribution in [1.82, 2.24) is 5.32 Å². The van der Waals surface area contributed by atoms with Gasteiger partial charge in [-0.2, -0.15) is 0 Å². The minimum atomic E-state index is 0.265. The summed E-state index contributed by atoms with van der Waals surface area (Å²) in [5.74, 6) is 1.35. The lowest BCUT2D eigenvalue weighted by molar-refractivity contribution is 0.0868. The predicted molar refractivity (Wildman–Crippen MR) is 72.4 cm³/mol. The molecule has 1 aliphatic heterocycles. The number of nitrogens with one attached hydrogen (secondary N) is 1. The van der Waals surface area contributed by atoms with Gasteiger partial charge in [-0.3, -0.25) is 4.79 Å². The van der Waals surface area contributed by atoms with Crippen LogP contribution in [0, 0.1) is 11.8 Å². The first-order valence-electron chi connectivity index (χ1n) is 7.11. The molecule has 0 saturated heterocycles. The number of Topliss-reactive ketones (excluding diaryl/α,β-unsaturated/α-hetero) is 1. The smallest absolute Gasteiger partial charge is 0.165 e. The Morgan fingerprint density at radius 1 is 1.22 bits per heavy atom. The van der Waals surface area contributed by atoms with Crippen molar-refractivity contribution in [2.75, 3.05) is 0 Å². The molecule has 2 heteroatoms. The normalized spacial score (nSPS) is 26.9. The van der Waals surface area contributed by atoms with Gasteiger partial charge in [0.1, 0.15) is 0 Å². The van der Waals surface area contributed by atoms with E-state index in [1.54, 1.807) is 0 Å². The molecule has 18 heavy (non-hydrogen) atoms. The Balaban J connectivity index is 1.79. The molecule has 3 rings (SSSR count). The van der Waals surface area contributed by atoms with Crippen LogP contribution in [0.15, 0.2) is 18.2 Å². The first kappa shape index (κ1) is 11.9. The van der Waals surface area contributed by atoms with Crippen LogP contribution in [0.4, 0.5) is 0 Å². The van der Waals surface area contributed by atoms with Gasteiger partial charge < -0.3 is 5.32 Å². The zero-order chi connectivity index (χ0) is 12.5. The first-order valence-corrected chi connectivity index (χ1v) is 7.11. The summed E-state index contributed by atoms with van der Waals surface area (Å²) >= 11 is 0. The van der Waals surface area contributed by atoms with Gasteiger partial charge in [-0.15, -0.1) is 0 Å². The van der Waals surface area contributed by atoms with E-state index in [2.05, 4.69) is 24.4 Å². The molecule has 0 spiro atoms. The molecule has 0 amide bonds. The van der Waals surface area contributed by atoms with Gasteiger partial charge in [0, 0.05) is 24.6 Å². The number of fused-ring (bicyclic) bond motifs is 1. The van der Waals surface area contributed by atoms with E-state index in [1.807, 2.05) is 6.07 Å². The number of ketones is 1. The molecule has 1 fully saturated rings. The SMILES string of the molecule is CC1CCCC(C(=O)c2ccc3c(c2)CNC3)C1. The maximum absolute atomic E-state index is 12.5. The van der Waals surface area contributed by atoms with Crippen molar-refractivity contribution in [2.24, 2.45) is 11.8 Å². The Kier molecular flexibility index (Phi) is 3.21. The van der Waals surface area contributed by atoms with E-state index < -0.39 is 0 Å². The fourth-order valence-corrected chi connectivity index (χ4v) is 3.36. The van der Waals surface area contributed by atoms with Gasteiger partial charge in [0.2, 0.25) is 0 Å². The molecule has 2 aliphatic rings. The predicted octanol–water partition coefficient (Wildman–Crippen LogP) is 3.30. The van der Waals surface area contributed by atoms with Gasteiger partial charge >= 0.3 is 0 Å². The van der Waals surface area contributed by atoms with Crippen LogP contribution in [-0.4, -0.2) is 5.78 Å². The average Bonchev–Trinajstić information content (AvgIpc) is 2.85. The van der Waals surface area contributed by atoms with Crippen LogP contribution in [0.2, 0.25) is 0 Å². The Morgan fingerprint density at radius 3 is 2.89 bits per heavy atom. The molecule has 0 bridgehead atoms. The highest BCUT2D eigenvalue weighted by atomic mass is 16.1. The Hall–Kier alpha value is -1.15. The lowest BCUT2D eigenvalue weighted by Gasteiger charge is -2.25. The minimum absolute atomic E-state index is 0.265. The summed E-state index contributed by atoms with van der Waals surface area (Å²) < 4.78 is 0. The van der Waals surface area contributed by atoms with Gasteiger partial charge in [0.15, 0.2) is 5.78 Å². The topological polar surface area (TPSA) is 29.1 Å². The summed E-state index contributed by atoms with van der Waals surface area (Å²) in [4.78, 5) is 12.5. The van der Waals surface area contributed by atoms with Crippen molar-refractivity contribution in [3.05, 3.63) is 34.9 Å². The van der Waals surface area contributed by atoms with E-state index in [9.17, 15) is 4.79 Å². The molecular weight excluding hydrogens is 222 g/mol. The fraction of sp³-hybridized carbons (Fsp3) is 0.562. The number of hydrogen-bond donors (Lipinski definition) is 1. The van der Waals surface area contributed by atoms with Crippen molar-refractivity contribution in [2.45, 2.75) is 45.7 Å². The lowest BCUT2D eigenvalue weighted by Crippen LogP contribution is -2.22. The Labute approximate surface area is 109 Å². The van der Waals surface area contributed by atoms with Crippen molar-refractivity contribution < 1.29 is 4.79 Å². The third kappa shape index (κ3) is 2.22. The number of benzene rings is 1. The molecule has 0 aromatic heterocycles. The molecule has 1 aromatic carbocycles. The van der Waals surface area contributed by atoms with Gasteiger partial charge in [-0.1, -0.05) is 31.9 Å². The summed E-state index contributed by atoms with van der Waals surface area (Å²) in [5.41, 5.74) is 3.59. The van der Waals surface area contributed by atoms with Gasteiger partial charge in [-0.25, -0.2) is 0 Å². The van der Waals surface area contributed by atoms with Crippen LogP contribution in [0.25, 0.3) is 0 Å². The second-order valence-corrected chi connectivity index (χ2v) is 5.92. The van der Waals surface area contributed by atoms with Gasteiger partial charge in [0.25, 0.3) is 0 Å². The largest absolute Gasteiger partial charge is 0.309 e. The summed E-state index contributed by atoms with van der Waals surface area (Å²) in [6.45, 7) is 4.13. The molecule has 1 N–H and O–H groups in total. The molecule has 1 aliphatic carbocycles. The maximum atomic E-state index is 12.5. The number of carbonyl (C=O) groups excluding carboxylic acids is 1. The molecule has 1 heterocycles. The highest BCUT2D eigenvalue weighted by molar-refractivity contribution is 5.98. The quantitative estimate of drug-likeness (QED) is 0.807. The molecule has 1 aromatic rings. The maximum Gasteiger partial charge on any atom is 0.165 e. The van der Waals surface area contributed by atoms with Crippen LogP contribution >= 0.6 is 0 Å². The molecule has 0 radical (unpaired) electrons. The Bertz CT molecular complexity index is 466. The van der Waals surface area contributed by atoms with E-state index in [1.165, 1.54) is 24.0 Å². The van der Waals surface area contributed by atoms with Crippen LogP contribution in [-0.2, 0) is 13.1 Å². The van der Waals surface area contributed by atoms with Gasteiger partial charge in [-0.05, 0) is 36.0 Å². The highest BCUT2D eigenvalue weighted by Gasteiger charge is 2.26. The van der Waals surface area contributed by atoms with E-state index in [0.717, 1.165) is 31.5 Å². The van der Waals surface area contributed by atoms with Crippen LogP contribution in [0.5, 0.6) is 0 Å². The van der Waals surface area contributed by atoms with E-state index in [0.29, 0.717) is 11.7 Å². The van der Waals surface area contributed by atoms with Gasteiger partial charge in [0.05, 0.1) is 0 Å². The molecule has 2 atom stereocenters. The standard InChI is InChI=1S/C16H21NO/c1-11-3-2-4-12(7-11)16(18)13-5-6-14-9-17-10-15(14)8-13/h5-6,8,11-12,17H,2-4,7,9-10H2,1H3. The summed E-state index contributed by atoms with van der Waals surface area (Å²) in [6.07, 6.45) is 4.66. The highest BCUT2D eigenvalue weighted by Crippen LogP contribution is 2.31. The average molecular weight is 243 g/mol. The van der Waals surface area contributed by atoms with Crippen molar-refractivity contribution in [3.8, 4) is 0 Å². The minimum Gasteiger partial charge on any atom is -0.309 e. The summed E-state index contributed by atoms with van der Waals surface area (Å²) in [5, 5.41) is 3.33. The Morgan fingerprint density at radius 2 is 2.06 bits per heavy atom. The second-order valence-electron chi connectivity index (χ2n) is 5.92.